The third-order valence-electron chi connectivity index (χ3n) is 1.24. The molecule has 0 amide bonds. The molecule has 0 aromatic heterocycles. The SMILES string of the molecule is C/C(=C(/N)Cl)C(C)C. The van der Waals surface area contributed by atoms with Crippen LogP contribution in [0.4, 0.5) is 0 Å². The Morgan fingerprint density at radius 3 is 1.88 bits per heavy atom. The maximum atomic E-state index is 5.48. The molecule has 8 heavy (non-hydrogen) atoms. The Bertz CT molecular complexity index is 101. The molecule has 0 fully saturated rings. The number of hydrogen-bond donors (Lipinski definition) is 1. The molecule has 0 heterocycles. The standard InChI is InChI=1S/C6H12ClN/c1-4(2)5(3)6(7)8/h4H,8H2,1-3H3/b6-5-. The fourth-order valence-corrected chi connectivity index (χ4v) is 0.494. The molecular weight excluding hydrogens is 122 g/mol. The van der Waals surface area contributed by atoms with Gasteiger partial charge in [-0.25, -0.2) is 0 Å². The zero-order valence-electron chi connectivity index (χ0n) is 5.53. The molecule has 0 bridgehead atoms. The van der Waals surface area contributed by atoms with E-state index < -0.39 is 0 Å². The Hall–Kier alpha value is -0.170. The van der Waals surface area contributed by atoms with Gasteiger partial charge in [0, 0.05) is 0 Å². The molecule has 1 nitrogen and oxygen atoms in total. The molecular formula is C6H12ClN. The van der Waals surface area contributed by atoms with Crippen molar-refractivity contribution in [1.29, 1.82) is 0 Å². The van der Waals surface area contributed by atoms with Crippen LogP contribution in [0.25, 0.3) is 0 Å². The zero-order chi connectivity index (χ0) is 6.73. The second-order valence-corrected chi connectivity index (χ2v) is 2.59. The number of allylic oxidation sites excluding steroid dienone is 1. The first-order chi connectivity index (χ1) is 3.55. The van der Waals surface area contributed by atoms with Gasteiger partial charge in [-0.05, 0) is 18.4 Å². The van der Waals surface area contributed by atoms with E-state index in [0.29, 0.717) is 11.1 Å². The Kier molecular flexibility index (Phi) is 2.91. The van der Waals surface area contributed by atoms with Crippen molar-refractivity contribution >= 4 is 11.6 Å². The van der Waals surface area contributed by atoms with Crippen molar-refractivity contribution in [2.24, 2.45) is 11.7 Å². The van der Waals surface area contributed by atoms with Gasteiger partial charge in [-0.3, -0.25) is 0 Å². The summed E-state index contributed by atoms with van der Waals surface area (Å²) in [7, 11) is 0. The van der Waals surface area contributed by atoms with E-state index in [9.17, 15) is 0 Å². The fourth-order valence-electron chi connectivity index (χ4n) is 0.276. The molecule has 0 radical (unpaired) electrons. The summed E-state index contributed by atoms with van der Waals surface area (Å²) in [4.78, 5) is 0. The summed E-state index contributed by atoms with van der Waals surface area (Å²) >= 11 is 5.48. The molecule has 0 unspecified atom stereocenters. The summed E-state index contributed by atoms with van der Waals surface area (Å²) in [5, 5.41) is 0.431. The van der Waals surface area contributed by atoms with E-state index in [1.165, 1.54) is 0 Å². The molecule has 0 aliphatic carbocycles. The Morgan fingerprint density at radius 2 is 1.88 bits per heavy atom. The Morgan fingerprint density at radius 1 is 1.50 bits per heavy atom. The molecule has 2 N–H and O–H groups in total. The van der Waals surface area contributed by atoms with Gasteiger partial charge >= 0.3 is 0 Å². The predicted octanol–water partition coefficient (Wildman–Crippen LogP) is 2.07. The van der Waals surface area contributed by atoms with Crippen LogP contribution in [0.2, 0.25) is 0 Å². The molecule has 0 saturated heterocycles. The first kappa shape index (κ1) is 7.83. The van der Waals surface area contributed by atoms with Gasteiger partial charge in [0.2, 0.25) is 0 Å². The highest BCUT2D eigenvalue weighted by atomic mass is 35.5. The molecule has 0 saturated carbocycles. The van der Waals surface area contributed by atoms with Gasteiger partial charge in [0.05, 0.1) is 5.16 Å². The highest BCUT2D eigenvalue weighted by Gasteiger charge is 1.98. The van der Waals surface area contributed by atoms with Crippen molar-refractivity contribution < 1.29 is 0 Å². The van der Waals surface area contributed by atoms with Crippen LogP contribution < -0.4 is 5.73 Å². The van der Waals surface area contributed by atoms with Crippen LogP contribution in [-0.2, 0) is 0 Å². The van der Waals surface area contributed by atoms with Gasteiger partial charge in [-0.2, -0.15) is 0 Å². The molecule has 0 aromatic rings. The normalized spacial score (nSPS) is 14.1. The lowest BCUT2D eigenvalue weighted by Crippen LogP contribution is -1.98. The van der Waals surface area contributed by atoms with E-state index in [4.69, 9.17) is 17.3 Å². The van der Waals surface area contributed by atoms with Crippen molar-refractivity contribution in [3.8, 4) is 0 Å². The van der Waals surface area contributed by atoms with Crippen LogP contribution in [0, 0.1) is 5.92 Å². The van der Waals surface area contributed by atoms with E-state index in [1.54, 1.807) is 0 Å². The van der Waals surface area contributed by atoms with Gasteiger partial charge < -0.3 is 5.73 Å². The zero-order valence-corrected chi connectivity index (χ0v) is 6.29. The predicted molar refractivity (Wildman–Crippen MR) is 37.6 cm³/mol. The van der Waals surface area contributed by atoms with Gasteiger partial charge in [0.15, 0.2) is 0 Å². The maximum Gasteiger partial charge on any atom is 0.0983 e. The van der Waals surface area contributed by atoms with Crippen LogP contribution in [0.1, 0.15) is 20.8 Å². The molecule has 0 aliphatic rings. The maximum absolute atomic E-state index is 5.48. The highest BCUT2D eigenvalue weighted by molar-refractivity contribution is 6.29. The second-order valence-electron chi connectivity index (χ2n) is 2.19. The van der Waals surface area contributed by atoms with Crippen molar-refractivity contribution in [2.45, 2.75) is 20.8 Å². The lowest BCUT2D eigenvalue weighted by molar-refractivity contribution is 0.763. The second kappa shape index (κ2) is 2.98. The van der Waals surface area contributed by atoms with Gasteiger partial charge in [-0.15, -0.1) is 0 Å². The summed E-state index contributed by atoms with van der Waals surface area (Å²) in [6, 6.07) is 0. The summed E-state index contributed by atoms with van der Waals surface area (Å²) < 4.78 is 0. The molecule has 0 atom stereocenters. The first-order valence-corrected chi connectivity index (χ1v) is 3.05. The molecule has 2 heteroatoms. The molecule has 48 valence electrons. The van der Waals surface area contributed by atoms with Gasteiger partial charge in [-0.1, -0.05) is 25.4 Å². The lowest BCUT2D eigenvalue weighted by Gasteiger charge is -2.03. The summed E-state index contributed by atoms with van der Waals surface area (Å²) in [6.45, 7) is 6.06. The van der Waals surface area contributed by atoms with E-state index in [-0.39, 0.29) is 0 Å². The van der Waals surface area contributed by atoms with Crippen molar-refractivity contribution in [1.82, 2.24) is 0 Å². The minimum atomic E-state index is 0.431. The first-order valence-electron chi connectivity index (χ1n) is 2.67. The van der Waals surface area contributed by atoms with E-state index in [2.05, 4.69) is 13.8 Å². The van der Waals surface area contributed by atoms with Crippen molar-refractivity contribution in [3.63, 3.8) is 0 Å². The van der Waals surface area contributed by atoms with E-state index >= 15 is 0 Å². The van der Waals surface area contributed by atoms with Gasteiger partial charge in [0.1, 0.15) is 0 Å². The minimum Gasteiger partial charge on any atom is -0.390 e. The number of hydrogen-bond acceptors (Lipinski definition) is 1. The highest BCUT2D eigenvalue weighted by Crippen LogP contribution is 2.12. The van der Waals surface area contributed by atoms with Crippen molar-refractivity contribution in [2.75, 3.05) is 0 Å². The average Bonchev–Trinajstić information content (AvgIpc) is 1.64. The monoisotopic (exact) mass is 133 g/mol. The fraction of sp³-hybridized carbons (Fsp3) is 0.667. The molecule has 0 aromatic carbocycles. The van der Waals surface area contributed by atoms with Gasteiger partial charge in [0.25, 0.3) is 0 Å². The summed E-state index contributed by atoms with van der Waals surface area (Å²) in [6.07, 6.45) is 0. The third kappa shape index (κ3) is 2.22. The van der Waals surface area contributed by atoms with Crippen molar-refractivity contribution in [3.05, 3.63) is 10.7 Å². The lowest BCUT2D eigenvalue weighted by atomic mass is 10.1. The summed E-state index contributed by atoms with van der Waals surface area (Å²) in [5.74, 6) is 0.465. The topological polar surface area (TPSA) is 26.0 Å². The number of nitrogens with two attached hydrogens (primary N) is 1. The van der Waals surface area contributed by atoms with E-state index in [0.717, 1.165) is 5.57 Å². The third-order valence-corrected chi connectivity index (χ3v) is 1.54. The largest absolute Gasteiger partial charge is 0.390 e. The van der Waals surface area contributed by atoms with E-state index in [1.807, 2.05) is 6.92 Å². The molecule has 0 rings (SSSR count). The number of rotatable bonds is 1. The van der Waals surface area contributed by atoms with Crippen LogP contribution in [0.3, 0.4) is 0 Å². The van der Waals surface area contributed by atoms with Crippen LogP contribution in [-0.4, -0.2) is 0 Å². The quantitative estimate of drug-likeness (QED) is 0.545. The minimum absolute atomic E-state index is 0.431. The Labute approximate surface area is 55.5 Å². The Balaban J connectivity index is 4.00. The van der Waals surface area contributed by atoms with Crippen LogP contribution in [0.15, 0.2) is 10.7 Å². The van der Waals surface area contributed by atoms with Crippen LogP contribution in [0.5, 0.6) is 0 Å². The molecule has 0 aliphatic heterocycles. The van der Waals surface area contributed by atoms with Crippen LogP contribution >= 0.6 is 11.6 Å². The number of halogens is 1. The smallest absolute Gasteiger partial charge is 0.0983 e. The molecule has 0 spiro atoms. The summed E-state index contributed by atoms with van der Waals surface area (Å²) in [5.41, 5.74) is 6.34. The average molecular weight is 134 g/mol.